The molecule has 0 heterocycles. The molecule has 0 aliphatic heterocycles. The number of benzene rings is 1. The number of hydrogen-bond donors (Lipinski definition) is 0. The summed E-state index contributed by atoms with van der Waals surface area (Å²) in [6.45, 7) is 5.71. The van der Waals surface area contributed by atoms with E-state index in [1.807, 2.05) is 26.8 Å². The van der Waals surface area contributed by atoms with Gasteiger partial charge in [-0.2, -0.15) is 0 Å². The van der Waals surface area contributed by atoms with Crippen LogP contribution in [-0.2, 0) is 4.79 Å². The normalized spacial score (nSPS) is 11.7. The van der Waals surface area contributed by atoms with Crippen molar-refractivity contribution in [3.05, 3.63) is 45.0 Å². The van der Waals surface area contributed by atoms with E-state index in [9.17, 15) is 14.9 Å². The fourth-order valence-electron chi connectivity index (χ4n) is 1.73. The average molecular weight is 247 g/mol. The van der Waals surface area contributed by atoms with Gasteiger partial charge in [-0.15, -0.1) is 0 Å². The smallest absolute Gasteiger partial charge is 0.273 e. The first-order valence-corrected chi connectivity index (χ1v) is 5.93. The van der Waals surface area contributed by atoms with Crippen LogP contribution in [-0.4, -0.2) is 11.2 Å². The summed E-state index contributed by atoms with van der Waals surface area (Å²) in [5.41, 5.74) is 2.14. The van der Waals surface area contributed by atoms with Crippen LogP contribution in [0, 0.1) is 10.1 Å². The molecule has 1 aromatic carbocycles. The molecule has 4 nitrogen and oxygen atoms in total. The Balaban J connectivity index is 3.27. The second-order valence-corrected chi connectivity index (χ2v) is 4.42. The van der Waals surface area contributed by atoms with Crippen LogP contribution in [0.3, 0.4) is 0 Å². The van der Waals surface area contributed by atoms with E-state index in [0.717, 1.165) is 6.29 Å². The molecule has 0 saturated carbocycles. The third-order valence-electron chi connectivity index (χ3n) is 2.78. The van der Waals surface area contributed by atoms with Crippen molar-refractivity contribution in [3.63, 3.8) is 0 Å². The summed E-state index contributed by atoms with van der Waals surface area (Å²) in [5.74, 6) is 0.0974. The first-order valence-electron chi connectivity index (χ1n) is 5.93. The fraction of sp³-hybridized carbons (Fsp3) is 0.357. The van der Waals surface area contributed by atoms with Crippen molar-refractivity contribution in [2.75, 3.05) is 0 Å². The maximum atomic E-state index is 11.0. The van der Waals surface area contributed by atoms with Gasteiger partial charge in [0, 0.05) is 11.6 Å². The molecule has 0 spiro atoms. The number of aldehydes is 1. The number of hydrogen-bond acceptors (Lipinski definition) is 3. The van der Waals surface area contributed by atoms with Crippen molar-refractivity contribution in [1.29, 1.82) is 0 Å². The number of rotatable bonds is 5. The summed E-state index contributed by atoms with van der Waals surface area (Å²) in [7, 11) is 0. The predicted octanol–water partition coefficient (Wildman–Crippen LogP) is 3.71. The van der Waals surface area contributed by atoms with E-state index in [0.29, 0.717) is 23.1 Å². The number of carbonyl (C=O) groups is 1. The fourth-order valence-corrected chi connectivity index (χ4v) is 1.73. The van der Waals surface area contributed by atoms with E-state index in [1.54, 1.807) is 12.1 Å². The van der Waals surface area contributed by atoms with Crippen LogP contribution in [0.25, 0.3) is 6.08 Å². The molecule has 96 valence electrons. The van der Waals surface area contributed by atoms with Crippen molar-refractivity contribution in [2.45, 2.75) is 33.1 Å². The Morgan fingerprint density at radius 2 is 2.11 bits per heavy atom. The topological polar surface area (TPSA) is 60.2 Å². The maximum Gasteiger partial charge on any atom is 0.273 e. The Morgan fingerprint density at radius 3 is 2.56 bits per heavy atom. The highest BCUT2D eigenvalue weighted by Gasteiger charge is 2.16. The highest BCUT2D eigenvalue weighted by Crippen LogP contribution is 2.28. The molecule has 1 rings (SSSR count). The van der Waals surface area contributed by atoms with Gasteiger partial charge in [0.25, 0.3) is 5.69 Å². The van der Waals surface area contributed by atoms with Gasteiger partial charge < -0.3 is 0 Å². The van der Waals surface area contributed by atoms with Crippen LogP contribution >= 0.6 is 0 Å². The molecule has 0 amide bonds. The largest absolute Gasteiger partial charge is 0.298 e. The van der Waals surface area contributed by atoms with E-state index >= 15 is 0 Å². The SMILES string of the molecule is CCC(C=O)=Cc1ccc(C(C)C)c([N+](=O)[O-])c1. The van der Waals surface area contributed by atoms with Gasteiger partial charge >= 0.3 is 0 Å². The lowest BCUT2D eigenvalue weighted by atomic mass is 9.98. The Morgan fingerprint density at radius 1 is 1.44 bits per heavy atom. The van der Waals surface area contributed by atoms with Crippen LogP contribution in [0.5, 0.6) is 0 Å². The van der Waals surface area contributed by atoms with Crippen molar-refractivity contribution < 1.29 is 9.72 Å². The highest BCUT2D eigenvalue weighted by molar-refractivity contribution is 5.81. The first-order chi connectivity index (χ1) is 8.49. The van der Waals surface area contributed by atoms with Crippen LogP contribution in [0.2, 0.25) is 0 Å². The van der Waals surface area contributed by atoms with Gasteiger partial charge in [0.05, 0.1) is 4.92 Å². The van der Waals surface area contributed by atoms with E-state index in [1.165, 1.54) is 6.07 Å². The zero-order valence-electron chi connectivity index (χ0n) is 10.8. The lowest BCUT2D eigenvalue weighted by Gasteiger charge is -2.07. The maximum absolute atomic E-state index is 11.0. The molecule has 0 aliphatic rings. The summed E-state index contributed by atoms with van der Waals surface area (Å²) in [6.07, 6.45) is 3.08. The number of allylic oxidation sites excluding steroid dienone is 1. The molecule has 0 saturated heterocycles. The van der Waals surface area contributed by atoms with Crippen molar-refractivity contribution >= 4 is 18.0 Å². The van der Waals surface area contributed by atoms with E-state index < -0.39 is 0 Å². The zero-order chi connectivity index (χ0) is 13.7. The molecule has 18 heavy (non-hydrogen) atoms. The van der Waals surface area contributed by atoms with Gasteiger partial charge in [-0.3, -0.25) is 14.9 Å². The number of nitro benzene ring substituents is 1. The molecule has 0 bridgehead atoms. The molecule has 0 fully saturated rings. The quantitative estimate of drug-likeness (QED) is 0.345. The van der Waals surface area contributed by atoms with Crippen LogP contribution in [0.4, 0.5) is 5.69 Å². The minimum absolute atomic E-state index is 0.0974. The molecule has 0 radical (unpaired) electrons. The third kappa shape index (κ3) is 3.26. The second kappa shape index (κ2) is 6.10. The van der Waals surface area contributed by atoms with Crippen LogP contribution < -0.4 is 0 Å². The van der Waals surface area contributed by atoms with Gasteiger partial charge in [0.15, 0.2) is 0 Å². The van der Waals surface area contributed by atoms with Crippen LogP contribution in [0.1, 0.15) is 44.2 Å². The summed E-state index contributed by atoms with van der Waals surface area (Å²) in [4.78, 5) is 21.4. The van der Waals surface area contributed by atoms with Gasteiger partial charge in [0.1, 0.15) is 6.29 Å². The Bertz CT molecular complexity index is 490. The molecule has 0 N–H and O–H groups in total. The summed E-state index contributed by atoms with van der Waals surface area (Å²) < 4.78 is 0. The first kappa shape index (κ1) is 14.1. The van der Waals surface area contributed by atoms with Crippen LogP contribution in [0.15, 0.2) is 23.8 Å². The summed E-state index contributed by atoms with van der Waals surface area (Å²) in [6, 6.07) is 5.09. The minimum atomic E-state index is -0.376. The molecule has 0 atom stereocenters. The monoisotopic (exact) mass is 247 g/mol. The van der Waals surface area contributed by atoms with Crippen molar-refractivity contribution in [3.8, 4) is 0 Å². The molecule has 4 heteroatoms. The second-order valence-electron chi connectivity index (χ2n) is 4.42. The van der Waals surface area contributed by atoms with Gasteiger partial charge in [-0.25, -0.2) is 0 Å². The average Bonchev–Trinajstić information content (AvgIpc) is 2.35. The Labute approximate surface area is 106 Å². The number of nitrogens with zero attached hydrogens (tertiary/aromatic N) is 1. The predicted molar refractivity (Wildman–Crippen MR) is 71.5 cm³/mol. The molecular weight excluding hydrogens is 230 g/mol. The molecule has 0 unspecified atom stereocenters. The van der Waals surface area contributed by atoms with Crippen molar-refractivity contribution in [1.82, 2.24) is 0 Å². The lowest BCUT2D eigenvalue weighted by molar-refractivity contribution is -0.385. The summed E-state index contributed by atoms with van der Waals surface area (Å²) >= 11 is 0. The standard InChI is InChI=1S/C14H17NO3/c1-4-11(9-16)7-12-5-6-13(10(2)3)14(8-12)15(17)18/h5-10H,4H2,1-3H3. The Kier molecular flexibility index (Phi) is 4.77. The Hall–Kier alpha value is -1.97. The zero-order valence-corrected chi connectivity index (χ0v) is 10.8. The van der Waals surface area contributed by atoms with E-state index in [-0.39, 0.29) is 16.5 Å². The summed E-state index contributed by atoms with van der Waals surface area (Å²) in [5, 5.41) is 11.0. The van der Waals surface area contributed by atoms with Gasteiger partial charge in [-0.05, 0) is 29.6 Å². The van der Waals surface area contributed by atoms with Gasteiger partial charge in [-0.1, -0.05) is 32.9 Å². The molecule has 1 aromatic rings. The van der Waals surface area contributed by atoms with Crippen molar-refractivity contribution in [2.24, 2.45) is 0 Å². The molecule has 0 aliphatic carbocycles. The molecule has 0 aromatic heterocycles. The highest BCUT2D eigenvalue weighted by atomic mass is 16.6. The minimum Gasteiger partial charge on any atom is -0.298 e. The third-order valence-corrected chi connectivity index (χ3v) is 2.78. The lowest BCUT2D eigenvalue weighted by Crippen LogP contribution is -1.98. The number of nitro groups is 1. The van der Waals surface area contributed by atoms with E-state index in [2.05, 4.69) is 0 Å². The van der Waals surface area contributed by atoms with Gasteiger partial charge in [0.2, 0.25) is 0 Å². The molecular formula is C14H17NO3. The number of carbonyl (C=O) groups excluding carboxylic acids is 1. The van der Waals surface area contributed by atoms with E-state index in [4.69, 9.17) is 0 Å².